The van der Waals surface area contributed by atoms with Gasteiger partial charge in [-0.3, -0.25) is 9.59 Å². The lowest BCUT2D eigenvalue weighted by atomic mass is 9.72. The third-order valence-electron chi connectivity index (χ3n) is 8.24. The van der Waals surface area contributed by atoms with E-state index in [-0.39, 0.29) is 41.6 Å². The van der Waals surface area contributed by atoms with Gasteiger partial charge in [-0.25, -0.2) is 4.39 Å². The summed E-state index contributed by atoms with van der Waals surface area (Å²) in [5, 5.41) is 15.0. The summed E-state index contributed by atoms with van der Waals surface area (Å²) in [6, 6.07) is 3.07. The van der Waals surface area contributed by atoms with Crippen LogP contribution in [0.15, 0.2) is 35.6 Å². The average Bonchev–Trinajstić information content (AvgIpc) is 3.24. The van der Waals surface area contributed by atoms with E-state index in [9.17, 15) is 18.8 Å². The Morgan fingerprint density at radius 2 is 1.95 bits per heavy atom. The number of hydrogen-bond acceptors (Lipinski definition) is 6. The topological polar surface area (TPSA) is 108 Å². The fourth-order valence-electron chi connectivity index (χ4n) is 6.08. The van der Waals surface area contributed by atoms with E-state index in [2.05, 4.69) is 30.5 Å². The predicted octanol–water partition coefficient (Wildman–Crippen LogP) is 4.79. The Kier molecular flexibility index (Phi) is 10.5. The molecule has 1 aromatic carbocycles. The number of amides is 1. The van der Waals surface area contributed by atoms with Crippen LogP contribution in [0, 0.1) is 17.7 Å². The second-order valence-corrected chi connectivity index (χ2v) is 11.2. The van der Waals surface area contributed by atoms with Crippen LogP contribution < -0.4 is 10.6 Å². The van der Waals surface area contributed by atoms with E-state index in [0.29, 0.717) is 25.8 Å². The highest BCUT2D eigenvalue weighted by Crippen LogP contribution is 2.41. The van der Waals surface area contributed by atoms with Gasteiger partial charge in [0.15, 0.2) is 0 Å². The highest BCUT2D eigenvalue weighted by Gasteiger charge is 2.42. The minimum atomic E-state index is -0.824. The molecule has 2 heterocycles. The SMILES string of the molecule is CC.CNc1cc(F)c2c(c1)CCC2(C)C.COC1C=CC2=C(CCN(C(=O)C3CC(CC(=O)O)C3)C2C=O)N1. The molecule has 1 fully saturated rings. The zero-order valence-corrected chi connectivity index (χ0v) is 24.6. The van der Waals surface area contributed by atoms with Crippen molar-refractivity contribution in [3.05, 3.63) is 52.5 Å². The van der Waals surface area contributed by atoms with Gasteiger partial charge in [-0.2, -0.15) is 0 Å². The highest BCUT2D eigenvalue weighted by molar-refractivity contribution is 5.85. The molecule has 9 heteroatoms. The van der Waals surface area contributed by atoms with Gasteiger partial charge in [-0.05, 0) is 66.4 Å². The Bertz CT molecular complexity index is 1160. The smallest absolute Gasteiger partial charge is 0.303 e. The summed E-state index contributed by atoms with van der Waals surface area (Å²) >= 11 is 0. The number of carbonyl (C=O) groups is 3. The summed E-state index contributed by atoms with van der Waals surface area (Å²) in [6.45, 7) is 8.71. The summed E-state index contributed by atoms with van der Waals surface area (Å²) in [7, 11) is 3.43. The van der Waals surface area contributed by atoms with Gasteiger partial charge in [-0.15, -0.1) is 0 Å². The molecule has 2 aliphatic carbocycles. The van der Waals surface area contributed by atoms with Gasteiger partial charge in [0.2, 0.25) is 5.91 Å². The van der Waals surface area contributed by atoms with Crippen molar-refractivity contribution in [1.29, 1.82) is 0 Å². The third kappa shape index (κ3) is 6.74. The number of rotatable bonds is 6. The number of nitrogens with one attached hydrogen (secondary N) is 2. The number of aliphatic carboxylic acids is 1. The second kappa shape index (κ2) is 13.4. The number of halogens is 1. The molecule has 220 valence electrons. The molecular weight excluding hydrogens is 513 g/mol. The predicted molar refractivity (Wildman–Crippen MR) is 153 cm³/mol. The van der Waals surface area contributed by atoms with E-state index >= 15 is 0 Å². The molecule has 4 aliphatic rings. The van der Waals surface area contributed by atoms with Crippen molar-refractivity contribution in [1.82, 2.24) is 10.2 Å². The van der Waals surface area contributed by atoms with Crippen molar-refractivity contribution >= 4 is 23.9 Å². The normalized spacial score (nSPS) is 25.5. The van der Waals surface area contributed by atoms with Gasteiger partial charge in [0.1, 0.15) is 24.4 Å². The summed E-state index contributed by atoms with van der Waals surface area (Å²) in [4.78, 5) is 36.7. The molecule has 0 spiro atoms. The van der Waals surface area contributed by atoms with Gasteiger partial charge < -0.3 is 30.2 Å². The average molecular weight is 558 g/mol. The molecule has 2 unspecified atom stereocenters. The number of anilines is 1. The number of carbonyl (C=O) groups excluding carboxylic acids is 2. The van der Waals surface area contributed by atoms with Crippen molar-refractivity contribution in [2.75, 3.05) is 26.0 Å². The fourth-order valence-corrected chi connectivity index (χ4v) is 6.08. The first-order chi connectivity index (χ1) is 19.1. The van der Waals surface area contributed by atoms with Crippen LogP contribution in [0.2, 0.25) is 0 Å². The van der Waals surface area contributed by atoms with E-state index in [1.54, 1.807) is 18.1 Å². The van der Waals surface area contributed by atoms with Crippen LogP contribution in [0.25, 0.3) is 0 Å². The molecule has 5 rings (SSSR count). The summed E-state index contributed by atoms with van der Waals surface area (Å²) < 4.78 is 19.0. The van der Waals surface area contributed by atoms with Crippen molar-refractivity contribution in [2.45, 2.75) is 83.9 Å². The molecule has 8 nitrogen and oxygen atoms in total. The standard InChI is InChI=1S/C17H22N2O5.C12H16FN.C2H6/c1-24-15-3-2-12-13(18-15)4-5-19(14(12)9-20)17(23)11-6-10(7-11)8-16(21)22;1-12(2)5-4-8-6-9(14-3)7-10(13)11(8)12;1-2/h2-3,9-11,14-15,18H,4-8H2,1H3,(H,21,22);6-7,14H,4-5H2,1-3H3;1-2H3. The van der Waals surface area contributed by atoms with Crippen LogP contribution in [0.4, 0.5) is 10.1 Å². The minimum absolute atomic E-state index is 0.00564. The number of dihydropyridines is 1. The third-order valence-corrected chi connectivity index (χ3v) is 8.24. The molecule has 0 aromatic heterocycles. The largest absolute Gasteiger partial charge is 0.481 e. The second-order valence-electron chi connectivity index (χ2n) is 11.2. The van der Waals surface area contributed by atoms with Crippen molar-refractivity contribution in [2.24, 2.45) is 11.8 Å². The van der Waals surface area contributed by atoms with Crippen molar-refractivity contribution in [3.63, 3.8) is 0 Å². The number of fused-ring (bicyclic) bond motifs is 1. The van der Waals surface area contributed by atoms with Crippen LogP contribution in [-0.2, 0) is 31.0 Å². The van der Waals surface area contributed by atoms with Gasteiger partial charge in [-0.1, -0.05) is 33.8 Å². The Balaban J connectivity index is 0.000000234. The van der Waals surface area contributed by atoms with E-state index in [4.69, 9.17) is 9.84 Å². The van der Waals surface area contributed by atoms with E-state index in [1.165, 1.54) is 5.56 Å². The molecule has 3 N–H and O–H groups in total. The number of aryl methyl sites for hydroxylation is 1. The van der Waals surface area contributed by atoms with Crippen LogP contribution in [0.3, 0.4) is 0 Å². The number of benzene rings is 1. The molecule has 0 radical (unpaired) electrons. The number of methoxy groups -OCH3 is 1. The quantitative estimate of drug-likeness (QED) is 0.432. The molecule has 2 atom stereocenters. The number of hydrogen-bond donors (Lipinski definition) is 3. The number of aldehydes is 1. The number of carboxylic acid groups (broad SMARTS) is 1. The summed E-state index contributed by atoms with van der Waals surface area (Å²) in [5.41, 5.74) is 4.73. The van der Waals surface area contributed by atoms with Crippen LogP contribution >= 0.6 is 0 Å². The first kappa shape index (κ1) is 31.3. The highest BCUT2D eigenvalue weighted by atomic mass is 19.1. The molecule has 0 bridgehead atoms. The van der Waals surface area contributed by atoms with Crippen molar-refractivity contribution in [3.8, 4) is 0 Å². The number of carboxylic acids is 1. The lowest BCUT2D eigenvalue weighted by molar-refractivity contribution is -0.147. The van der Waals surface area contributed by atoms with Gasteiger partial charge in [0, 0.05) is 56.4 Å². The monoisotopic (exact) mass is 557 g/mol. The maximum absolute atomic E-state index is 13.8. The Hall–Kier alpha value is -3.20. The Labute approximate surface area is 237 Å². The molecular formula is C31H44FN3O5. The first-order valence-electron chi connectivity index (χ1n) is 14.3. The van der Waals surface area contributed by atoms with Gasteiger partial charge >= 0.3 is 5.97 Å². The lowest BCUT2D eigenvalue weighted by Gasteiger charge is -2.42. The Morgan fingerprint density at radius 1 is 1.25 bits per heavy atom. The molecule has 0 saturated heterocycles. The molecule has 1 aromatic rings. The first-order valence-corrected chi connectivity index (χ1v) is 14.3. The van der Waals surface area contributed by atoms with Crippen molar-refractivity contribution < 1.29 is 28.6 Å². The zero-order chi connectivity index (χ0) is 29.6. The van der Waals surface area contributed by atoms with E-state index < -0.39 is 12.0 Å². The minimum Gasteiger partial charge on any atom is -0.481 e. The fraction of sp³-hybridized carbons (Fsp3) is 0.581. The number of nitrogens with zero attached hydrogens (tertiary/aromatic N) is 1. The number of ether oxygens (including phenoxy) is 1. The van der Waals surface area contributed by atoms with Crippen LogP contribution in [0.5, 0.6) is 0 Å². The van der Waals surface area contributed by atoms with Gasteiger partial charge in [0.05, 0.1) is 0 Å². The zero-order valence-electron chi connectivity index (χ0n) is 24.6. The molecule has 1 saturated carbocycles. The Morgan fingerprint density at radius 3 is 2.55 bits per heavy atom. The molecule has 1 amide bonds. The summed E-state index contributed by atoms with van der Waals surface area (Å²) in [6.07, 6.45) is 8.28. The van der Waals surface area contributed by atoms with E-state index in [1.807, 2.05) is 33.0 Å². The van der Waals surface area contributed by atoms with Gasteiger partial charge in [0.25, 0.3) is 0 Å². The summed E-state index contributed by atoms with van der Waals surface area (Å²) in [5.74, 6) is -1.01. The molecule has 40 heavy (non-hydrogen) atoms. The van der Waals surface area contributed by atoms with Crippen LogP contribution in [-0.4, -0.2) is 61.1 Å². The van der Waals surface area contributed by atoms with E-state index in [0.717, 1.165) is 41.6 Å². The molecule has 2 aliphatic heterocycles. The maximum atomic E-state index is 13.8. The maximum Gasteiger partial charge on any atom is 0.303 e. The lowest BCUT2D eigenvalue weighted by Crippen LogP contribution is -2.52. The van der Waals surface area contributed by atoms with Crippen LogP contribution in [0.1, 0.15) is 70.9 Å².